The largest absolute Gasteiger partial charge is 0.219 e. The van der Waals surface area contributed by atoms with E-state index in [4.69, 9.17) is 0 Å². The number of rotatable bonds is 15. The molecule has 0 aliphatic rings. The summed E-state index contributed by atoms with van der Waals surface area (Å²) in [6.07, 6.45) is 15.9. The van der Waals surface area contributed by atoms with Crippen molar-refractivity contribution >= 4 is 0 Å². The van der Waals surface area contributed by atoms with E-state index in [-0.39, 0.29) is 5.95 Å². The molecular formula is C32H42FN. The zero-order chi connectivity index (χ0) is 24.0. The Kier molecular flexibility index (Phi) is 11.3. The van der Waals surface area contributed by atoms with Crippen LogP contribution < -0.4 is 0 Å². The topological polar surface area (TPSA) is 12.9 Å². The van der Waals surface area contributed by atoms with Gasteiger partial charge in [-0.05, 0) is 48.4 Å². The Bertz CT molecular complexity index is 959. The molecule has 0 aliphatic heterocycles. The van der Waals surface area contributed by atoms with Crippen molar-refractivity contribution < 1.29 is 4.39 Å². The highest BCUT2D eigenvalue weighted by atomic mass is 19.1. The van der Waals surface area contributed by atoms with Gasteiger partial charge >= 0.3 is 0 Å². The van der Waals surface area contributed by atoms with Crippen molar-refractivity contribution in [2.75, 3.05) is 0 Å². The molecule has 1 nitrogen and oxygen atoms in total. The molecule has 2 heteroatoms. The summed E-state index contributed by atoms with van der Waals surface area (Å²) in [4.78, 5) is 4.26. The first kappa shape index (κ1) is 26.1. The second kappa shape index (κ2) is 14.7. The van der Waals surface area contributed by atoms with E-state index < -0.39 is 0 Å². The fourth-order valence-electron chi connectivity index (χ4n) is 4.54. The zero-order valence-corrected chi connectivity index (χ0v) is 21.3. The first-order chi connectivity index (χ1) is 16.7. The predicted molar refractivity (Wildman–Crippen MR) is 145 cm³/mol. The van der Waals surface area contributed by atoms with Gasteiger partial charge in [0.2, 0.25) is 5.95 Å². The molecule has 0 unspecified atom stereocenters. The Morgan fingerprint density at radius 1 is 0.529 bits per heavy atom. The number of unbranched alkanes of at least 4 members (excludes halogenated alkanes) is 9. The lowest BCUT2D eigenvalue weighted by Crippen LogP contribution is -1.96. The SMILES string of the molecule is CCCCCCCCc1ccc(-c2ccc(-c3ccc(CCCCCCC)c(F)n3)cc2)cc1. The second-order valence-electron chi connectivity index (χ2n) is 9.60. The van der Waals surface area contributed by atoms with Crippen LogP contribution in [-0.2, 0) is 12.8 Å². The average Bonchev–Trinajstić information content (AvgIpc) is 2.87. The van der Waals surface area contributed by atoms with E-state index in [1.54, 1.807) is 0 Å². The highest BCUT2D eigenvalue weighted by Gasteiger charge is 2.08. The normalized spacial score (nSPS) is 11.1. The van der Waals surface area contributed by atoms with Crippen molar-refractivity contribution in [2.45, 2.75) is 97.3 Å². The summed E-state index contributed by atoms with van der Waals surface area (Å²) in [5.74, 6) is -0.321. The Labute approximate surface area is 206 Å². The maximum Gasteiger partial charge on any atom is 0.216 e. The predicted octanol–water partition coefficient (Wildman–Crippen LogP) is 9.97. The third-order valence-electron chi connectivity index (χ3n) is 6.76. The molecule has 0 N–H and O–H groups in total. The van der Waals surface area contributed by atoms with E-state index in [1.807, 2.05) is 24.3 Å². The van der Waals surface area contributed by atoms with Crippen molar-refractivity contribution in [3.63, 3.8) is 0 Å². The molecule has 0 bridgehead atoms. The summed E-state index contributed by atoms with van der Waals surface area (Å²) < 4.78 is 14.5. The lowest BCUT2D eigenvalue weighted by atomic mass is 9.99. The Morgan fingerprint density at radius 2 is 1.03 bits per heavy atom. The summed E-state index contributed by atoms with van der Waals surface area (Å²) in [5.41, 5.74) is 6.21. The first-order valence-electron chi connectivity index (χ1n) is 13.6. The molecule has 0 fully saturated rings. The molecule has 1 heterocycles. The van der Waals surface area contributed by atoms with Crippen molar-refractivity contribution in [1.82, 2.24) is 4.98 Å². The van der Waals surface area contributed by atoms with Gasteiger partial charge in [0.15, 0.2) is 0 Å². The molecular weight excluding hydrogens is 417 g/mol. The third-order valence-corrected chi connectivity index (χ3v) is 6.76. The third kappa shape index (κ3) is 8.38. The molecule has 1 aromatic heterocycles. The van der Waals surface area contributed by atoms with E-state index >= 15 is 0 Å². The molecule has 2 aromatic carbocycles. The molecule has 3 rings (SSSR count). The van der Waals surface area contributed by atoms with Crippen LogP contribution in [-0.4, -0.2) is 4.98 Å². The number of hydrogen-bond donors (Lipinski definition) is 0. The summed E-state index contributed by atoms with van der Waals surface area (Å²) in [7, 11) is 0. The van der Waals surface area contributed by atoms with Crippen LogP contribution in [0, 0.1) is 5.95 Å². The molecule has 3 aromatic rings. The van der Waals surface area contributed by atoms with E-state index in [2.05, 4.69) is 55.2 Å². The fraction of sp³-hybridized carbons (Fsp3) is 0.469. The van der Waals surface area contributed by atoms with Crippen LogP contribution in [0.2, 0.25) is 0 Å². The summed E-state index contributed by atoms with van der Waals surface area (Å²) in [5, 5.41) is 0. The maximum absolute atomic E-state index is 14.5. The fourth-order valence-corrected chi connectivity index (χ4v) is 4.54. The highest BCUT2D eigenvalue weighted by molar-refractivity contribution is 5.69. The highest BCUT2D eigenvalue weighted by Crippen LogP contribution is 2.25. The van der Waals surface area contributed by atoms with Crippen LogP contribution in [0.15, 0.2) is 60.7 Å². The smallest absolute Gasteiger partial charge is 0.216 e. The Balaban J connectivity index is 1.53. The molecule has 0 radical (unpaired) electrons. The summed E-state index contributed by atoms with van der Waals surface area (Å²) in [6, 6.07) is 21.1. The lowest BCUT2D eigenvalue weighted by molar-refractivity contribution is 0.556. The minimum Gasteiger partial charge on any atom is -0.219 e. The lowest BCUT2D eigenvalue weighted by Gasteiger charge is -2.08. The molecule has 0 saturated carbocycles. The van der Waals surface area contributed by atoms with Gasteiger partial charge in [-0.2, -0.15) is 4.39 Å². The number of hydrogen-bond acceptors (Lipinski definition) is 1. The van der Waals surface area contributed by atoms with Gasteiger partial charge in [0, 0.05) is 11.1 Å². The van der Waals surface area contributed by atoms with E-state index in [1.165, 1.54) is 74.5 Å². The van der Waals surface area contributed by atoms with Crippen molar-refractivity contribution in [3.05, 3.63) is 77.7 Å². The Morgan fingerprint density at radius 3 is 1.62 bits per heavy atom. The number of aryl methyl sites for hydroxylation is 2. The van der Waals surface area contributed by atoms with Gasteiger partial charge in [-0.3, -0.25) is 0 Å². The first-order valence-corrected chi connectivity index (χ1v) is 13.6. The van der Waals surface area contributed by atoms with Gasteiger partial charge in [-0.1, -0.05) is 126 Å². The van der Waals surface area contributed by atoms with Crippen LogP contribution in [0.25, 0.3) is 22.4 Å². The molecule has 34 heavy (non-hydrogen) atoms. The number of benzene rings is 2. The van der Waals surface area contributed by atoms with Gasteiger partial charge in [-0.25, -0.2) is 4.98 Å². The number of pyridine rings is 1. The zero-order valence-electron chi connectivity index (χ0n) is 21.3. The molecule has 0 saturated heterocycles. The van der Waals surface area contributed by atoms with E-state index in [0.29, 0.717) is 5.69 Å². The van der Waals surface area contributed by atoms with Gasteiger partial charge in [0.25, 0.3) is 0 Å². The molecule has 0 spiro atoms. The number of aromatic nitrogens is 1. The summed E-state index contributed by atoms with van der Waals surface area (Å²) >= 11 is 0. The van der Waals surface area contributed by atoms with Crippen molar-refractivity contribution in [2.24, 2.45) is 0 Å². The van der Waals surface area contributed by atoms with Crippen LogP contribution in [0.3, 0.4) is 0 Å². The Hall–Kier alpha value is -2.48. The average molecular weight is 460 g/mol. The standard InChI is InChI=1S/C32H42FN/c1-3-5-7-9-11-12-14-26-16-18-27(19-17-26)28-20-22-29(23-21-28)31-25-24-30(32(33)34-31)15-13-10-8-6-4-2/h16-25H,3-15H2,1-2H3. The maximum atomic E-state index is 14.5. The minimum absolute atomic E-state index is 0.321. The molecule has 0 atom stereocenters. The van der Waals surface area contributed by atoms with Crippen LogP contribution in [0.5, 0.6) is 0 Å². The van der Waals surface area contributed by atoms with Gasteiger partial charge in [-0.15, -0.1) is 0 Å². The number of halogens is 1. The molecule has 0 amide bonds. The number of nitrogens with zero attached hydrogens (tertiary/aromatic N) is 1. The quantitative estimate of drug-likeness (QED) is 0.163. The van der Waals surface area contributed by atoms with Gasteiger partial charge in [0.05, 0.1) is 5.69 Å². The van der Waals surface area contributed by atoms with Crippen LogP contribution >= 0.6 is 0 Å². The van der Waals surface area contributed by atoms with Gasteiger partial charge < -0.3 is 0 Å². The monoisotopic (exact) mass is 459 g/mol. The minimum atomic E-state index is -0.321. The van der Waals surface area contributed by atoms with Crippen molar-refractivity contribution in [3.8, 4) is 22.4 Å². The van der Waals surface area contributed by atoms with Gasteiger partial charge in [0.1, 0.15) is 0 Å². The van der Waals surface area contributed by atoms with Crippen LogP contribution in [0.1, 0.15) is 95.6 Å². The van der Waals surface area contributed by atoms with Crippen LogP contribution in [0.4, 0.5) is 4.39 Å². The van der Waals surface area contributed by atoms with Crippen molar-refractivity contribution in [1.29, 1.82) is 0 Å². The molecule has 0 aliphatic carbocycles. The van der Waals surface area contributed by atoms with E-state index in [9.17, 15) is 4.39 Å². The van der Waals surface area contributed by atoms with E-state index in [0.717, 1.165) is 36.8 Å². The summed E-state index contributed by atoms with van der Waals surface area (Å²) in [6.45, 7) is 4.47. The second-order valence-corrected chi connectivity index (χ2v) is 9.60. The molecule has 182 valence electrons.